The lowest BCUT2D eigenvalue weighted by molar-refractivity contribution is -0.116. The number of aromatic nitrogens is 5. The number of hydrogen-bond donors (Lipinski definition) is 1. The van der Waals surface area contributed by atoms with Crippen LogP contribution < -0.4 is 5.32 Å². The zero-order valence-electron chi connectivity index (χ0n) is 14.6. The normalized spacial score (nSPS) is 11.2. The predicted octanol–water partition coefficient (Wildman–Crippen LogP) is 3.65. The number of carbonyl (C=O) groups is 1. The van der Waals surface area contributed by atoms with Gasteiger partial charge in [-0.05, 0) is 18.4 Å². The van der Waals surface area contributed by atoms with Gasteiger partial charge in [-0.25, -0.2) is 4.98 Å². The first kappa shape index (κ1) is 18.9. The molecule has 0 aliphatic rings. The molecule has 0 bridgehead atoms. The number of anilines is 1. The van der Waals surface area contributed by atoms with Crippen molar-refractivity contribution in [3.05, 3.63) is 36.0 Å². The second-order valence-corrected chi connectivity index (χ2v) is 8.42. The number of amides is 1. The van der Waals surface area contributed by atoms with Crippen molar-refractivity contribution in [2.45, 2.75) is 28.2 Å². The van der Waals surface area contributed by atoms with E-state index in [4.69, 9.17) is 8.94 Å². The Balaban J connectivity index is 1.26. The first-order valence-electron chi connectivity index (χ1n) is 8.17. The number of benzene rings is 1. The van der Waals surface area contributed by atoms with E-state index in [1.165, 1.54) is 34.9 Å². The third-order valence-corrected chi connectivity index (χ3v) is 6.14. The number of hydrogen-bond acceptors (Lipinski definition) is 11. The molecule has 0 saturated carbocycles. The fraction of sp³-hybridized carbons (Fsp3) is 0.250. The third kappa shape index (κ3) is 4.69. The second-order valence-electron chi connectivity index (χ2n) is 5.47. The molecule has 0 fully saturated rings. The number of nitrogens with zero attached hydrogens (tertiary/aromatic N) is 5. The molecule has 0 saturated heterocycles. The summed E-state index contributed by atoms with van der Waals surface area (Å²) in [6.45, 7) is 0. The lowest BCUT2D eigenvalue weighted by atomic mass is 10.3. The van der Waals surface area contributed by atoms with Crippen molar-refractivity contribution >= 4 is 57.0 Å². The molecule has 0 unspecified atom stereocenters. The molecule has 4 aromatic rings. The van der Waals surface area contributed by atoms with Gasteiger partial charge in [-0.1, -0.05) is 52.1 Å². The Morgan fingerprint density at radius 2 is 2.14 bits per heavy atom. The Hall–Kier alpha value is -2.44. The first-order chi connectivity index (χ1) is 13.7. The van der Waals surface area contributed by atoms with Crippen molar-refractivity contribution in [2.24, 2.45) is 0 Å². The van der Waals surface area contributed by atoms with E-state index in [2.05, 4.69) is 30.6 Å². The summed E-state index contributed by atoms with van der Waals surface area (Å²) in [5.41, 5.74) is 1.55. The lowest BCUT2D eigenvalue weighted by Crippen LogP contribution is -2.12. The molecule has 144 valence electrons. The predicted molar refractivity (Wildman–Crippen MR) is 107 cm³/mol. The average Bonchev–Trinajstić information content (AvgIpc) is 3.43. The molecule has 1 N–H and O–H groups in total. The molecule has 1 aromatic carbocycles. The van der Waals surface area contributed by atoms with Crippen LogP contribution in [0.5, 0.6) is 0 Å². The third-order valence-electron chi connectivity index (χ3n) is 3.50. The zero-order chi connectivity index (χ0) is 19.3. The van der Waals surface area contributed by atoms with Crippen molar-refractivity contribution in [1.29, 1.82) is 0 Å². The molecule has 0 aliphatic carbocycles. The summed E-state index contributed by atoms with van der Waals surface area (Å²) in [4.78, 5) is 20.7. The summed E-state index contributed by atoms with van der Waals surface area (Å²) in [6, 6.07) is 7.57. The number of para-hydroxylation sites is 2. The van der Waals surface area contributed by atoms with Crippen LogP contribution in [0.15, 0.2) is 42.8 Å². The van der Waals surface area contributed by atoms with E-state index in [0.29, 0.717) is 34.2 Å². The minimum absolute atomic E-state index is 0.176. The number of thioether (sulfide) groups is 2. The highest BCUT2D eigenvalue weighted by atomic mass is 32.2. The van der Waals surface area contributed by atoms with Gasteiger partial charge in [0.2, 0.25) is 16.9 Å². The van der Waals surface area contributed by atoms with Crippen molar-refractivity contribution in [1.82, 2.24) is 25.3 Å². The van der Waals surface area contributed by atoms with Crippen molar-refractivity contribution in [2.75, 3.05) is 11.6 Å². The Bertz CT molecular complexity index is 1060. The van der Waals surface area contributed by atoms with Gasteiger partial charge in [0, 0.05) is 12.8 Å². The quantitative estimate of drug-likeness (QED) is 0.325. The van der Waals surface area contributed by atoms with Crippen molar-refractivity contribution in [3.8, 4) is 0 Å². The first-order valence-corrected chi connectivity index (χ1v) is 11.2. The minimum Gasteiger partial charge on any atom is -0.431 e. The largest absolute Gasteiger partial charge is 0.431 e. The van der Waals surface area contributed by atoms with Gasteiger partial charge in [-0.3, -0.25) is 4.79 Å². The zero-order valence-corrected chi connectivity index (χ0v) is 17.1. The smallest absolute Gasteiger partial charge is 0.257 e. The maximum absolute atomic E-state index is 12.0. The number of aryl methyl sites for hydroxylation is 1. The minimum atomic E-state index is -0.176. The van der Waals surface area contributed by atoms with Crippen LogP contribution in [0, 0.1) is 0 Å². The highest BCUT2D eigenvalue weighted by molar-refractivity contribution is 8.00. The van der Waals surface area contributed by atoms with Gasteiger partial charge in [0.05, 0.1) is 5.75 Å². The van der Waals surface area contributed by atoms with Crippen LogP contribution in [0.1, 0.15) is 18.1 Å². The van der Waals surface area contributed by atoms with Crippen LogP contribution >= 0.6 is 34.9 Å². The molecule has 0 aliphatic heterocycles. The van der Waals surface area contributed by atoms with E-state index >= 15 is 0 Å². The molecule has 0 atom stereocenters. The van der Waals surface area contributed by atoms with Gasteiger partial charge in [0.15, 0.2) is 15.7 Å². The van der Waals surface area contributed by atoms with Crippen LogP contribution in [0.2, 0.25) is 0 Å². The topological polar surface area (TPSA) is 120 Å². The van der Waals surface area contributed by atoms with E-state index in [0.717, 1.165) is 15.4 Å². The molecule has 28 heavy (non-hydrogen) atoms. The van der Waals surface area contributed by atoms with Crippen LogP contribution in [-0.2, 0) is 17.0 Å². The van der Waals surface area contributed by atoms with E-state index < -0.39 is 0 Å². The summed E-state index contributed by atoms with van der Waals surface area (Å²) in [5, 5.41) is 15.5. The Labute approximate surface area is 171 Å². The average molecular weight is 435 g/mol. The lowest BCUT2D eigenvalue weighted by Gasteiger charge is -1.97. The van der Waals surface area contributed by atoms with Crippen LogP contribution in [0.3, 0.4) is 0 Å². The van der Waals surface area contributed by atoms with Gasteiger partial charge in [-0.15, -0.1) is 10.2 Å². The summed E-state index contributed by atoms with van der Waals surface area (Å²) >= 11 is 4.20. The van der Waals surface area contributed by atoms with E-state index in [1.807, 2.05) is 30.5 Å². The fourth-order valence-corrected chi connectivity index (χ4v) is 4.10. The second kappa shape index (κ2) is 8.71. The number of oxazole rings is 1. The van der Waals surface area contributed by atoms with E-state index in [1.54, 1.807) is 0 Å². The highest BCUT2D eigenvalue weighted by Crippen LogP contribution is 2.25. The number of nitrogens with one attached hydrogen (secondary N) is 1. The van der Waals surface area contributed by atoms with Crippen LogP contribution in [0.4, 0.5) is 5.13 Å². The molecule has 4 rings (SSSR count). The highest BCUT2D eigenvalue weighted by Gasteiger charge is 2.13. The maximum atomic E-state index is 12.0. The van der Waals surface area contributed by atoms with Gasteiger partial charge in [0.1, 0.15) is 5.52 Å². The monoisotopic (exact) mass is 434 g/mol. The van der Waals surface area contributed by atoms with Gasteiger partial charge < -0.3 is 14.3 Å². The van der Waals surface area contributed by atoms with Crippen LogP contribution in [-0.4, -0.2) is 37.5 Å². The summed E-state index contributed by atoms with van der Waals surface area (Å²) < 4.78 is 11.6. The molecule has 3 aromatic heterocycles. The molecule has 0 radical (unpaired) electrons. The number of rotatable bonds is 8. The molecule has 12 heteroatoms. The van der Waals surface area contributed by atoms with Crippen LogP contribution in [0.25, 0.3) is 11.1 Å². The summed E-state index contributed by atoms with van der Waals surface area (Å²) in [7, 11) is 0. The summed E-state index contributed by atoms with van der Waals surface area (Å²) in [5.74, 6) is 1.22. The standard InChI is InChI=1S/C16H14N6O3S3/c1-26-16-21-20-14(28-16)19-12(23)6-7-13-18-11(22-25-13)8-27-15-17-9-4-2-3-5-10(9)24-15/h2-5H,6-8H2,1H3,(H,19,20,23). The van der Waals surface area contributed by atoms with E-state index in [9.17, 15) is 4.79 Å². The SMILES string of the molecule is CSc1nnc(NC(=O)CCc2nc(CSc3nc4ccccc4o3)no2)s1. The Morgan fingerprint density at radius 3 is 2.96 bits per heavy atom. The van der Waals surface area contributed by atoms with Gasteiger partial charge >= 0.3 is 0 Å². The maximum Gasteiger partial charge on any atom is 0.257 e. The van der Waals surface area contributed by atoms with E-state index in [-0.39, 0.29) is 12.3 Å². The molecule has 9 nitrogen and oxygen atoms in total. The Morgan fingerprint density at radius 1 is 1.25 bits per heavy atom. The fourth-order valence-electron chi connectivity index (χ4n) is 2.23. The summed E-state index contributed by atoms with van der Waals surface area (Å²) in [6.07, 6.45) is 2.47. The van der Waals surface area contributed by atoms with Gasteiger partial charge in [-0.2, -0.15) is 4.98 Å². The number of carbonyl (C=O) groups excluding carboxylic acids is 1. The molecule has 3 heterocycles. The molecule has 0 spiro atoms. The van der Waals surface area contributed by atoms with Gasteiger partial charge in [0.25, 0.3) is 5.22 Å². The molecular weight excluding hydrogens is 420 g/mol. The molecular formula is C16H14N6O3S3. The van der Waals surface area contributed by atoms with Crippen molar-refractivity contribution in [3.63, 3.8) is 0 Å². The molecule has 1 amide bonds. The number of fused-ring (bicyclic) bond motifs is 1. The Kier molecular flexibility index (Phi) is 5.88. The van der Waals surface area contributed by atoms with Crippen molar-refractivity contribution < 1.29 is 13.7 Å².